The molecule has 4 fully saturated rings. The van der Waals surface area contributed by atoms with E-state index >= 15 is 0 Å². The van der Waals surface area contributed by atoms with E-state index in [9.17, 15) is 29.7 Å². The summed E-state index contributed by atoms with van der Waals surface area (Å²) in [6.45, 7) is 8.69. The van der Waals surface area contributed by atoms with Gasteiger partial charge in [-0.15, -0.1) is 0 Å². The number of hydrogen-bond donors (Lipinski definition) is 3. The molecular formula is C32H40N2O9. The van der Waals surface area contributed by atoms with Crippen LogP contribution in [0.4, 0.5) is 4.79 Å². The number of rotatable bonds is 3. The minimum atomic E-state index is -1.86. The van der Waals surface area contributed by atoms with Gasteiger partial charge in [-0.1, -0.05) is 12.5 Å². The monoisotopic (exact) mass is 596 g/mol. The maximum absolute atomic E-state index is 13.8. The summed E-state index contributed by atoms with van der Waals surface area (Å²) in [6.07, 6.45) is 6.27. The van der Waals surface area contributed by atoms with Gasteiger partial charge in [0.2, 0.25) is 0 Å². The number of aliphatic hydroxyl groups is 3. The molecule has 2 aliphatic heterocycles. The van der Waals surface area contributed by atoms with Crippen LogP contribution in [0.3, 0.4) is 0 Å². The summed E-state index contributed by atoms with van der Waals surface area (Å²) in [7, 11) is 0. The number of hydrogen-bond acceptors (Lipinski definition) is 10. The summed E-state index contributed by atoms with van der Waals surface area (Å²) in [5.74, 6) is -1.42. The second-order valence-corrected chi connectivity index (χ2v) is 14.4. The van der Waals surface area contributed by atoms with Gasteiger partial charge in [-0.3, -0.25) is 4.79 Å². The Balaban J connectivity index is 1.22. The molecule has 11 atom stereocenters. The van der Waals surface area contributed by atoms with Crippen molar-refractivity contribution in [1.82, 2.24) is 9.55 Å². The zero-order valence-electron chi connectivity index (χ0n) is 25.2. The molecule has 3 heterocycles. The van der Waals surface area contributed by atoms with Gasteiger partial charge in [0, 0.05) is 29.8 Å². The van der Waals surface area contributed by atoms with Crippen molar-refractivity contribution in [1.29, 1.82) is 0 Å². The van der Waals surface area contributed by atoms with Gasteiger partial charge >= 0.3 is 12.1 Å². The van der Waals surface area contributed by atoms with Crippen LogP contribution >= 0.6 is 0 Å². The van der Waals surface area contributed by atoms with E-state index in [-0.39, 0.29) is 31.0 Å². The minimum Gasteiger partial charge on any atom is -0.455 e. The van der Waals surface area contributed by atoms with E-state index in [2.05, 4.69) is 4.98 Å². The molecule has 232 valence electrons. The molecule has 1 saturated heterocycles. The molecule has 6 aliphatic rings. The lowest BCUT2D eigenvalue weighted by molar-refractivity contribution is -0.283. The molecule has 3 N–H and O–H groups in total. The molecule has 11 nitrogen and oxygen atoms in total. The highest BCUT2D eigenvalue weighted by Crippen LogP contribution is 2.75. The van der Waals surface area contributed by atoms with Crippen molar-refractivity contribution < 1.29 is 43.9 Å². The van der Waals surface area contributed by atoms with Crippen molar-refractivity contribution in [2.24, 2.45) is 22.7 Å². The third kappa shape index (κ3) is 3.24. The first-order chi connectivity index (χ1) is 20.1. The first kappa shape index (κ1) is 28.9. The molecule has 43 heavy (non-hydrogen) atoms. The number of imidazole rings is 1. The largest absolute Gasteiger partial charge is 0.455 e. The van der Waals surface area contributed by atoms with Crippen LogP contribution in [0.25, 0.3) is 0 Å². The number of cyclic esters (lactones) is 1. The Morgan fingerprint density at radius 3 is 2.58 bits per heavy atom. The number of carbonyl (C=O) groups excluding carboxylic acids is 3. The van der Waals surface area contributed by atoms with E-state index in [1.165, 1.54) is 36.3 Å². The van der Waals surface area contributed by atoms with Crippen molar-refractivity contribution in [2.45, 2.75) is 114 Å². The number of carbonyl (C=O) groups is 3. The summed E-state index contributed by atoms with van der Waals surface area (Å²) in [6, 6.07) is 0. The van der Waals surface area contributed by atoms with Crippen molar-refractivity contribution in [3.05, 3.63) is 42.0 Å². The quantitative estimate of drug-likeness (QED) is 0.350. The topological polar surface area (TPSA) is 161 Å². The predicted molar refractivity (Wildman–Crippen MR) is 149 cm³/mol. The Kier molecular flexibility index (Phi) is 5.81. The van der Waals surface area contributed by atoms with E-state index in [1.807, 2.05) is 20.8 Å². The summed E-state index contributed by atoms with van der Waals surface area (Å²) >= 11 is 0. The van der Waals surface area contributed by atoms with Crippen molar-refractivity contribution in [3.63, 3.8) is 0 Å². The average Bonchev–Trinajstić information content (AvgIpc) is 3.33. The summed E-state index contributed by atoms with van der Waals surface area (Å²) in [4.78, 5) is 43.2. The van der Waals surface area contributed by atoms with Crippen LogP contribution in [0.1, 0.15) is 73.1 Å². The number of allylic oxidation sites excluding steroid dienone is 1. The molecule has 4 aliphatic carbocycles. The lowest BCUT2D eigenvalue weighted by atomic mass is 9.42. The van der Waals surface area contributed by atoms with Gasteiger partial charge in [-0.25, -0.2) is 19.1 Å². The third-order valence-corrected chi connectivity index (χ3v) is 13.0. The fourth-order valence-corrected chi connectivity index (χ4v) is 10.1. The number of esters is 1. The van der Waals surface area contributed by atoms with Crippen molar-refractivity contribution in [2.75, 3.05) is 0 Å². The Hall–Kier alpha value is -2.86. The third-order valence-electron chi connectivity index (χ3n) is 13.0. The lowest BCUT2D eigenvalue weighted by Crippen LogP contribution is -2.73. The molecule has 0 radical (unpaired) electrons. The lowest BCUT2D eigenvalue weighted by Gasteiger charge is -2.63. The second kappa shape index (κ2) is 8.65. The standard InChI is InChI=1S/C32H40N2O9/c1-17-14-23(41-25(36)18(17)2)29(5,38)31(40)11-10-30(39)20-15-24-32(43-24)22(42-26(37)34-13-12-33-16-34)7-6-21(35)28(32,4)19(20)8-9-27(30,31)3/h6-7,12-13,16,19-20,22-24,38-40H,8-11,14-15H2,1-5H3/t19?,20?,22-,23?,24+,27-,28-,29-,30+,31-,32+/m0/s1. The maximum Gasteiger partial charge on any atom is 0.419 e. The van der Waals surface area contributed by atoms with Crippen LogP contribution in [0.2, 0.25) is 0 Å². The van der Waals surface area contributed by atoms with Gasteiger partial charge < -0.3 is 29.5 Å². The molecule has 1 spiro atoms. The number of ether oxygens (including phenoxy) is 3. The smallest absolute Gasteiger partial charge is 0.419 e. The zero-order chi connectivity index (χ0) is 31.0. The molecule has 3 saturated carbocycles. The van der Waals surface area contributed by atoms with Gasteiger partial charge in [0.05, 0.1) is 17.1 Å². The first-order valence-electron chi connectivity index (χ1n) is 15.2. The maximum atomic E-state index is 13.8. The van der Waals surface area contributed by atoms with Gasteiger partial charge in [-0.2, -0.15) is 0 Å². The number of nitrogens with zero attached hydrogens (tertiary/aromatic N) is 2. The Morgan fingerprint density at radius 1 is 1.16 bits per heavy atom. The summed E-state index contributed by atoms with van der Waals surface area (Å²) in [5, 5.41) is 37.3. The van der Waals surface area contributed by atoms with Gasteiger partial charge in [0.15, 0.2) is 11.9 Å². The van der Waals surface area contributed by atoms with Crippen LogP contribution < -0.4 is 0 Å². The number of ketones is 1. The normalized spacial score (nSPS) is 48.0. The van der Waals surface area contributed by atoms with Crippen LogP contribution in [-0.2, 0) is 23.8 Å². The molecule has 1 aromatic heterocycles. The Bertz CT molecular complexity index is 1480. The zero-order valence-corrected chi connectivity index (χ0v) is 25.2. The van der Waals surface area contributed by atoms with Crippen LogP contribution in [-0.4, -0.2) is 83.4 Å². The van der Waals surface area contributed by atoms with E-state index in [0.717, 1.165) is 5.57 Å². The molecule has 0 bridgehead atoms. The highest BCUT2D eigenvalue weighted by Gasteiger charge is 2.85. The van der Waals surface area contributed by atoms with E-state index < -0.39 is 69.5 Å². The van der Waals surface area contributed by atoms with Crippen LogP contribution in [0.15, 0.2) is 42.0 Å². The van der Waals surface area contributed by atoms with E-state index in [0.29, 0.717) is 24.8 Å². The Labute approximate surface area is 249 Å². The number of fused-ring (bicyclic) bond motifs is 4. The second-order valence-electron chi connectivity index (χ2n) is 14.4. The molecule has 0 amide bonds. The van der Waals surface area contributed by atoms with Crippen molar-refractivity contribution >= 4 is 17.8 Å². The number of epoxide rings is 1. The van der Waals surface area contributed by atoms with Crippen LogP contribution in [0.5, 0.6) is 0 Å². The van der Waals surface area contributed by atoms with Crippen LogP contribution in [0, 0.1) is 22.7 Å². The van der Waals surface area contributed by atoms with Gasteiger partial charge in [0.25, 0.3) is 0 Å². The molecule has 1 aromatic rings. The fraction of sp³-hybridized carbons (Fsp3) is 0.688. The Morgan fingerprint density at radius 2 is 1.91 bits per heavy atom. The highest BCUT2D eigenvalue weighted by atomic mass is 16.7. The molecule has 11 heteroatoms. The minimum absolute atomic E-state index is 0.0956. The highest BCUT2D eigenvalue weighted by molar-refractivity contribution is 5.98. The average molecular weight is 597 g/mol. The summed E-state index contributed by atoms with van der Waals surface area (Å²) < 4.78 is 19.2. The number of aromatic nitrogens is 2. The summed E-state index contributed by atoms with van der Waals surface area (Å²) in [5.41, 5.74) is -7.11. The first-order valence-corrected chi connectivity index (χ1v) is 15.2. The predicted octanol–water partition coefficient (Wildman–Crippen LogP) is 2.61. The molecular weight excluding hydrogens is 556 g/mol. The SMILES string of the molecule is CC1=C(C)C(=O)OC([C@](C)(O)[C@]2(O)CC[C@@]3(O)C4C[C@H]5O[C@]56[C@@H](OC(=O)n5ccnc5)C=CC(=O)[C@]6(C)C4CC[C@]23C)C1. The van der Waals surface area contributed by atoms with Gasteiger partial charge in [0.1, 0.15) is 29.2 Å². The van der Waals surface area contributed by atoms with Gasteiger partial charge in [-0.05, 0) is 83.8 Å². The van der Waals surface area contributed by atoms with E-state index in [1.54, 1.807) is 13.0 Å². The van der Waals surface area contributed by atoms with Crippen molar-refractivity contribution in [3.8, 4) is 0 Å². The van der Waals surface area contributed by atoms with E-state index in [4.69, 9.17) is 14.2 Å². The molecule has 7 rings (SSSR count). The fourth-order valence-electron chi connectivity index (χ4n) is 10.1. The molecule has 3 unspecified atom stereocenters. The molecule has 0 aromatic carbocycles.